The third kappa shape index (κ3) is 6.35. The molecule has 0 heterocycles. The summed E-state index contributed by atoms with van der Waals surface area (Å²) in [6.07, 6.45) is 11.5. The number of benzene rings is 1. The number of aromatic carboxylic acids is 1. The molecule has 156 valence electrons. The van der Waals surface area contributed by atoms with Crippen LogP contribution in [0.15, 0.2) is 24.3 Å². The maximum Gasteiger partial charge on any atom is 0.339 e. The average molecular weight is 389 g/mol. The Morgan fingerprint density at radius 2 is 1.79 bits per heavy atom. The summed E-state index contributed by atoms with van der Waals surface area (Å²) < 4.78 is 5.98. The zero-order valence-electron chi connectivity index (χ0n) is 17.7. The molecule has 1 aromatic rings. The smallest absolute Gasteiger partial charge is 0.339 e. The monoisotopic (exact) mass is 388 g/mol. The van der Waals surface area contributed by atoms with Crippen LogP contribution in [0.5, 0.6) is 0 Å². The number of hydrogen-bond donors (Lipinski definition) is 1. The van der Waals surface area contributed by atoms with Crippen molar-refractivity contribution in [3.8, 4) is 0 Å². The molecule has 1 N–H and O–H groups in total. The molecular formula is C24H36O4. The zero-order valence-corrected chi connectivity index (χ0v) is 17.7. The molecule has 4 heteroatoms. The number of ether oxygens (including phenoxy) is 1. The summed E-state index contributed by atoms with van der Waals surface area (Å²) in [6.45, 7) is 6.57. The fourth-order valence-corrected chi connectivity index (χ4v) is 4.37. The van der Waals surface area contributed by atoms with Crippen molar-refractivity contribution < 1.29 is 19.4 Å². The van der Waals surface area contributed by atoms with Crippen molar-refractivity contribution in [1.82, 2.24) is 0 Å². The lowest BCUT2D eigenvalue weighted by atomic mass is 9.74. The Balaban J connectivity index is 1.95. The Morgan fingerprint density at radius 1 is 1.11 bits per heavy atom. The molecule has 0 saturated heterocycles. The molecule has 0 amide bonds. The van der Waals surface area contributed by atoms with Gasteiger partial charge in [0, 0.05) is 0 Å². The van der Waals surface area contributed by atoms with E-state index >= 15 is 0 Å². The van der Waals surface area contributed by atoms with Gasteiger partial charge in [-0.15, -0.1) is 0 Å². The summed E-state index contributed by atoms with van der Waals surface area (Å²) in [7, 11) is 0. The fourth-order valence-electron chi connectivity index (χ4n) is 4.37. The number of carbonyl (C=O) groups excluding carboxylic acids is 1. The third-order valence-corrected chi connectivity index (χ3v) is 6.13. The Labute approximate surface area is 169 Å². The molecule has 0 spiro atoms. The summed E-state index contributed by atoms with van der Waals surface area (Å²) in [6, 6.07) is 6.31. The first-order valence-electron chi connectivity index (χ1n) is 10.9. The molecule has 1 fully saturated rings. The molecule has 1 aliphatic rings. The summed E-state index contributed by atoms with van der Waals surface area (Å²) in [5, 5.41) is 9.35. The van der Waals surface area contributed by atoms with Crippen LogP contribution < -0.4 is 0 Å². The largest absolute Gasteiger partial charge is 0.478 e. The summed E-state index contributed by atoms with van der Waals surface area (Å²) in [5.74, 6) is -0.481. The fraction of sp³-hybridized carbons (Fsp3) is 0.667. The van der Waals surface area contributed by atoms with E-state index in [2.05, 4.69) is 13.8 Å². The van der Waals surface area contributed by atoms with E-state index < -0.39 is 17.5 Å². The predicted octanol–water partition coefficient (Wildman–Crippen LogP) is 6.49. The molecule has 0 aliphatic heterocycles. The van der Waals surface area contributed by atoms with Gasteiger partial charge in [-0.25, -0.2) is 9.59 Å². The summed E-state index contributed by atoms with van der Waals surface area (Å²) in [4.78, 5) is 24.2. The number of carboxylic acid groups (broad SMARTS) is 1. The van der Waals surface area contributed by atoms with E-state index in [4.69, 9.17) is 4.74 Å². The Morgan fingerprint density at radius 3 is 2.46 bits per heavy atom. The maximum absolute atomic E-state index is 12.8. The maximum atomic E-state index is 12.8. The number of carboxylic acids is 1. The van der Waals surface area contributed by atoms with Gasteiger partial charge in [0.05, 0.1) is 11.1 Å². The molecular weight excluding hydrogens is 352 g/mol. The first-order valence-corrected chi connectivity index (χ1v) is 10.9. The number of hydrogen-bond acceptors (Lipinski definition) is 3. The van der Waals surface area contributed by atoms with Gasteiger partial charge in [0.25, 0.3) is 0 Å². The topological polar surface area (TPSA) is 63.6 Å². The van der Waals surface area contributed by atoms with Crippen molar-refractivity contribution in [2.24, 2.45) is 11.8 Å². The zero-order chi connectivity index (χ0) is 20.6. The van der Waals surface area contributed by atoms with E-state index in [0.29, 0.717) is 5.92 Å². The van der Waals surface area contributed by atoms with Gasteiger partial charge in [0.2, 0.25) is 0 Å². The van der Waals surface area contributed by atoms with Crippen molar-refractivity contribution in [3.05, 3.63) is 35.4 Å². The van der Waals surface area contributed by atoms with Gasteiger partial charge >= 0.3 is 11.9 Å². The van der Waals surface area contributed by atoms with Crippen molar-refractivity contribution in [2.75, 3.05) is 0 Å². The normalized spacial score (nSPS) is 22.2. The lowest BCUT2D eigenvalue weighted by Gasteiger charge is -2.41. The highest BCUT2D eigenvalue weighted by atomic mass is 16.6. The van der Waals surface area contributed by atoms with E-state index in [9.17, 15) is 14.7 Å². The Kier molecular flexibility index (Phi) is 8.53. The predicted molar refractivity (Wildman–Crippen MR) is 112 cm³/mol. The minimum Gasteiger partial charge on any atom is -0.478 e. The van der Waals surface area contributed by atoms with Crippen molar-refractivity contribution in [3.63, 3.8) is 0 Å². The molecule has 2 unspecified atom stereocenters. The van der Waals surface area contributed by atoms with Crippen LogP contribution in [0.2, 0.25) is 0 Å². The second kappa shape index (κ2) is 10.6. The van der Waals surface area contributed by atoms with Gasteiger partial charge < -0.3 is 9.84 Å². The minimum absolute atomic E-state index is 0.00797. The van der Waals surface area contributed by atoms with Gasteiger partial charge in [-0.2, -0.15) is 0 Å². The first-order chi connectivity index (χ1) is 13.3. The van der Waals surface area contributed by atoms with Crippen molar-refractivity contribution >= 4 is 11.9 Å². The first kappa shape index (κ1) is 22.4. The van der Waals surface area contributed by atoms with Crippen LogP contribution in [-0.4, -0.2) is 22.6 Å². The van der Waals surface area contributed by atoms with Crippen LogP contribution in [0.1, 0.15) is 106 Å². The van der Waals surface area contributed by atoms with Crippen LogP contribution in [0.3, 0.4) is 0 Å². The van der Waals surface area contributed by atoms with E-state index in [1.54, 1.807) is 18.2 Å². The lowest BCUT2D eigenvalue weighted by Crippen LogP contribution is -2.42. The molecule has 28 heavy (non-hydrogen) atoms. The third-order valence-electron chi connectivity index (χ3n) is 6.13. The summed E-state index contributed by atoms with van der Waals surface area (Å²) in [5.41, 5.74) is -0.346. The van der Waals surface area contributed by atoms with E-state index in [-0.39, 0.29) is 11.1 Å². The van der Waals surface area contributed by atoms with Crippen LogP contribution >= 0.6 is 0 Å². The molecule has 2 atom stereocenters. The van der Waals surface area contributed by atoms with Crippen LogP contribution in [0.25, 0.3) is 0 Å². The van der Waals surface area contributed by atoms with E-state index in [0.717, 1.165) is 31.6 Å². The van der Waals surface area contributed by atoms with Gasteiger partial charge in [-0.1, -0.05) is 64.5 Å². The number of carbonyl (C=O) groups is 2. The second-order valence-electron chi connectivity index (χ2n) is 8.88. The second-order valence-corrected chi connectivity index (χ2v) is 8.88. The highest BCUT2D eigenvalue weighted by Gasteiger charge is 2.40. The molecule has 0 radical (unpaired) electrons. The van der Waals surface area contributed by atoms with Gasteiger partial charge in [0.1, 0.15) is 5.60 Å². The van der Waals surface area contributed by atoms with Crippen LogP contribution in [0.4, 0.5) is 0 Å². The van der Waals surface area contributed by atoms with Gasteiger partial charge in [-0.05, 0) is 56.6 Å². The standard InChI is InChI=1S/C24H36O4/c1-18(2)12-6-4-5-7-13-19-14-10-11-17-24(19,3)28-23(27)21-16-9-8-15-20(21)22(25)26/h8-9,15-16,18-19H,4-7,10-14,17H2,1-3H3,(H,25,26). The van der Waals surface area contributed by atoms with Crippen molar-refractivity contribution in [2.45, 2.75) is 90.6 Å². The molecule has 4 nitrogen and oxygen atoms in total. The highest BCUT2D eigenvalue weighted by molar-refractivity contribution is 6.02. The molecule has 1 aliphatic carbocycles. The van der Waals surface area contributed by atoms with E-state index in [1.807, 2.05) is 6.92 Å². The highest BCUT2D eigenvalue weighted by Crippen LogP contribution is 2.40. The molecule has 0 bridgehead atoms. The average Bonchev–Trinajstić information content (AvgIpc) is 2.65. The molecule has 1 saturated carbocycles. The molecule has 0 aromatic heterocycles. The molecule has 2 rings (SSSR count). The minimum atomic E-state index is -1.10. The number of unbranched alkanes of at least 4 members (excludes halogenated alkanes) is 3. The number of esters is 1. The number of rotatable bonds is 10. The Bertz CT molecular complexity index is 652. The van der Waals surface area contributed by atoms with Gasteiger partial charge in [0.15, 0.2) is 0 Å². The van der Waals surface area contributed by atoms with E-state index in [1.165, 1.54) is 44.6 Å². The SMILES string of the molecule is CC(C)CCCCCCC1CCCCC1(C)OC(=O)c1ccccc1C(=O)O. The summed E-state index contributed by atoms with van der Waals surface area (Å²) >= 11 is 0. The Hall–Kier alpha value is -1.84. The molecule has 1 aromatic carbocycles. The van der Waals surface area contributed by atoms with Gasteiger partial charge in [-0.3, -0.25) is 0 Å². The van der Waals surface area contributed by atoms with Crippen molar-refractivity contribution in [1.29, 1.82) is 0 Å². The van der Waals surface area contributed by atoms with Crippen LogP contribution in [-0.2, 0) is 4.74 Å². The lowest BCUT2D eigenvalue weighted by molar-refractivity contribution is -0.0628. The quantitative estimate of drug-likeness (QED) is 0.368. The van der Waals surface area contributed by atoms with Crippen LogP contribution in [0, 0.1) is 11.8 Å².